The van der Waals surface area contributed by atoms with Crippen LogP contribution in [-0.2, 0) is 4.79 Å². The van der Waals surface area contributed by atoms with E-state index in [-0.39, 0.29) is 18.4 Å². The normalized spacial score (nSPS) is 19.4. The summed E-state index contributed by atoms with van der Waals surface area (Å²) in [4.78, 5) is 27.3. The minimum atomic E-state index is -0.883. The molecule has 0 aromatic heterocycles. The van der Waals surface area contributed by atoms with E-state index >= 15 is 0 Å². The van der Waals surface area contributed by atoms with E-state index in [1.807, 2.05) is 48.7 Å². The van der Waals surface area contributed by atoms with Gasteiger partial charge in [0.05, 0.1) is 18.6 Å². The summed E-state index contributed by atoms with van der Waals surface area (Å²) < 4.78 is 5.25. The van der Waals surface area contributed by atoms with Crippen LogP contribution in [0, 0.1) is 5.92 Å². The van der Waals surface area contributed by atoms with Crippen LogP contribution in [0.1, 0.15) is 21.8 Å². The molecule has 2 aromatic rings. The lowest BCUT2D eigenvalue weighted by atomic mass is 9.89. The van der Waals surface area contributed by atoms with Crippen LogP contribution in [0.3, 0.4) is 0 Å². The van der Waals surface area contributed by atoms with Crippen molar-refractivity contribution in [3.8, 4) is 5.75 Å². The van der Waals surface area contributed by atoms with Gasteiger partial charge < -0.3 is 14.7 Å². The third-order valence-corrected chi connectivity index (χ3v) is 5.58. The van der Waals surface area contributed by atoms with Crippen molar-refractivity contribution < 1.29 is 19.4 Å². The maximum atomic E-state index is 13.0. The number of thioether (sulfide) groups is 1. The van der Waals surface area contributed by atoms with Gasteiger partial charge in [0, 0.05) is 23.9 Å². The van der Waals surface area contributed by atoms with Crippen LogP contribution in [-0.4, -0.2) is 48.3 Å². The van der Waals surface area contributed by atoms with Crippen LogP contribution in [0.4, 0.5) is 0 Å². The van der Waals surface area contributed by atoms with Crippen LogP contribution in [0.15, 0.2) is 53.4 Å². The summed E-state index contributed by atoms with van der Waals surface area (Å²) in [6.45, 7) is 0.588. The zero-order valence-electron chi connectivity index (χ0n) is 14.7. The lowest BCUT2D eigenvalue weighted by Crippen LogP contribution is -2.30. The van der Waals surface area contributed by atoms with Crippen molar-refractivity contribution in [1.82, 2.24) is 4.90 Å². The second kappa shape index (κ2) is 7.83. The Hall–Kier alpha value is -2.47. The van der Waals surface area contributed by atoms with Gasteiger partial charge in [-0.05, 0) is 36.1 Å². The number of carbonyl (C=O) groups excluding carboxylic acids is 1. The van der Waals surface area contributed by atoms with Gasteiger partial charge in [-0.15, -0.1) is 11.8 Å². The zero-order chi connectivity index (χ0) is 18.7. The Kier molecular flexibility index (Phi) is 5.52. The number of likely N-dealkylation sites (tertiary alicyclic amines) is 1. The molecule has 0 bridgehead atoms. The summed E-state index contributed by atoms with van der Waals surface area (Å²) in [5.41, 5.74) is 1.50. The third-order valence-electron chi connectivity index (χ3n) is 4.78. The minimum absolute atomic E-state index is 0.119. The molecular formula is C20H21NO4S. The molecule has 26 heavy (non-hydrogen) atoms. The van der Waals surface area contributed by atoms with Crippen molar-refractivity contribution >= 4 is 23.6 Å². The van der Waals surface area contributed by atoms with Crippen molar-refractivity contribution in [2.24, 2.45) is 5.92 Å². The van der Waals surface area contributed by atoms with Crippen molar-refractivity contribution in [2.75, 3.05) is 26.5 Å². The van der Waals surface area contributed by atoms with Crippen molar-refractivity contribution in [1.29, 1.82) is 0 Å². The highest BCUT2D eigenvalue weighted by Gasteiger charge is 2.41. The molecule has 5 nitrogen and oxygen atoms in total. The van der Waals surface area contributed by atoms with E-state index in [0.29, 0.717) is 17.9 Å². The summed E-state index contributed by atoms with van der Waals surface area (Å²) in [5, 5.41) is 9.67. The zero-order valence-corrected chi connectivity index (χ0v) is 15.5. The Balaban J connectivity index is 1.89. The van der Waals surface area contributed by atoms with Gasteiger partial charge in [-0.3, -0.25) is 9.59 Å². The summed E-state index contributed by atoms with van der Waals surface area (Å²) in [6.07, 6.45) is 1.93. The first-order chi connectivity index (χ1) is 12.5. The Morgan fingerprint density at radius 3 is 2.62 bits per heavy atom. The minimum Gasteiger partial charge on any atom is -0.497 e. The number of benzene rings is 2. The number of rotatable bonds is 5. The molecule has 2 aromatic carbocycles. The molecule has 0 aliphatic carbocycles. The third kappa shape index (κ3) is 3.55. The fraction of sp³-hybridized carbons (Fsp3) is 0.300. The van der Waals surface area contributed by atoms with Crippen LogP contribution in [0.25, 0.3) is 0 Å². The van der Waals surface area contributed by atoms with E-state index in [2.05, 4.69) is 0 Å². The van der Waals surface area contributed by atoms with E-state index in [4.69, 9.17) is 4.74 Å². The Morgan fingerprint density at radius 1 is 1.15 bits per heavy atom. The lowest BCUT2D eigenvalue weighted by Gasteiger charge is -2.18. The fourth-order valence-corrected chi connectivity index (χ4v) is 4.01. The molecule has 0 unspecified atom stereocenters. The number of carboxylic acids is 1. The van der Waals surface area contributed by atoms with Gasteiger partial charge in [0.25, 0.3) is 5.91 Å². The summed E-state index contributed by atoms with van der Waals surface area (Å²) >= 11 is 1.51. The Bertz CT molecular complexity index is 823. The number of methoxy groups -OCH3 is 1. The van der Waals surface area contributed by atoms with Gasteiger partial charge in [-0.25, -0.2) is 0 Å². The number of ether oxygens (including phenoxy) is 1. The van der Waals surface area contributed by atoms with Crippen LogP contribution >= 0.6 is 11.8 Å². The number of carbonyl (C=O) groups is 2. The monoisotopic (exact) mass is 371 g/mol. The van der Waals surface area contributed by atoms with E-state index in [0.717, 1.165) is 10.5 Å². The smallest absolute Gasteiger partial charge is 0.308 e. The molecule has 136 valence electrons. The largest absolute Gasteiger partial charge is 0.497 e. The first kappa shape index (κ1) is 18.3. The Morgan fingerprint density at radius 2 is 1.92 bits per heavy atom. The molecule has 0 radical (unpaired) electrons. The molecule has 1 N–H and O–H groups in total. The number of aliphatic carboxylic acids is 1. The first-order valence-electron chi connectivity index (χ1n) is 8.34. The van der Waals surface area contributed by atoms with E-state index in [9.17, 15) is 14.7 Å². The standard InChI is InChI=1S/C20H21NO4S/c1-25-14-7-5-6-13(10-14)16-11-21(12-17(16)20(23)24)19(22)15-8-3-4-9-18(15)26-2/h3-10,16-17H,11-12H2,1-2H3,(H,23,24)/t16-,17+/m0/s1. The molecule has 1 saturated heterocycles. The summed E-state index contributed by atoms with van der Waals surface area (Å²) in [6, 6.07) is 14.8. The molecular weight excluding hydrogens is 350 g/mol. The van der Waals surface area contributed by atoms with Gasteiger partial charge >= 0.3 is 5.97 Å². The first-order valence-corrected chi connectivity index (χ1v) is 9.56. The summed E-state index contributed by atoms with van der Waals surface area (Å²) in [7, 11) is 1.58. The number of amides is 1. The molecule has 1 heterocycles. The maximum Gasteiger partial charge on any atom is 0.308 e. The molecule has 1 fully saturated rings. The van der Waals surface area contributed by atoms with Gasteiger partial charge in [-0.1, -0.05) is 24.3 Å². The van der Waals surface area contributed by atoms with Crippen molar-refractivity contribution in [3.05, 3.63) is 59.7 Å². The molecule has 3 rings (SSSR count). The highest BCUT2D eigenvalue weighted by atomic mass is 32.2. The van der Waals surface area contributed by atoms with E-state index in [1.54, 1.807) is 18.1 Å². The van der Waals surface area contributed by atoms with Crippen molar-refractivity contribution in [3.63, 3.8) is 0 Å². The second-order valence-corrected chi connectivity index (χ2v) is 7.09. The number of carboxylic acid groups (broad SMARTS) is 1. The lowest BCUT2D eigenvalue weighted by molar-refractivity contribution is -0.141. The molecule has 6 heteroatoms. The van der Waals surface area contributed by atoms with Crippen LogP contribution in [0.2, 0.25) is 0 Å². The van der Waals surface area contributed by atoms with Gasteiger partial charge in [0.15, 0.2) is 0 Å². The van der Waals surface area contributed by atoms with Gasteiger partial charge in [0.1, 0.15) is 5.75 Å². The number of nitrogens with zero attached hydrogens (tertiary/aromatic N) is 1. The van der Waals surface area contributed by atoms with E-state index < -0.39 is 11.9 Å². The predicted octanol–water partition coefficient (Wildman–Crippen LogP) is 3.36. The SMILES string of the molecule is COc1cccc([C@@H]2CN(C(=O)c3ccccc3SC)C[C@H]2C(=O)O)c1. The predicted molar refractivity (Wildman–Crippen MR) is 101 cm³/mol. The highest BCUT2D eigenvalue weighted by molar-refractivity contribution is 7.98. The average molecular weight is 371 g/mol. The molecule has 1 aliphatic heterocycles. The van der Waals surface area contributed by atoms with Crippen molar-refractivity contribution in [2.45, 2.75) is 10.8 Å². The molecule has 0 saturated carbocycles. The number of hydrogen-bond acceptors (Lipinski definition) is 4. The van der Waals surface area contributed by atoms with Gasteiger partial charge in [0.2, 0.25) is 0 Å². The summed E-state index contributed by atoms with van der Waals surface area (Å²) in [5.74, 6) is -1.21. The molecule has 2 atom stereocenters. The molecule has 1 aliphatic rings. The fourth-order valence-electron chi connectivity index (χ4n) is 3.42. The maximum absolute atomic E-state index is 13.0. The molecule has 0 spiro atoms. The van der Waals surface area contributed by atoms with E-state index in [1.165, 1.54) is 11.8 Å². The topological polar surface area (TPSA) is 66.8 Å². The van der Waals surface area contributed by atoms with Gasteiger partial charge in [-0.2, -0.15) is 0 Å². The molecule has 1 amide bonds. The van der Waals surface area contributed by atoms with Crippen LogP contribution in [0.5, 0.6) is 5.75 Å². The quantitative estimate of drug-likeness (QED) is 0.817. The van der Waals surface area contributed by atoms with Crippen LogP contribution < -0.4 is 4.74 Å². The second-order valence-electron chi connectivity index (χ2n) is 6.24. The Labute approximate surface area is 157 Å². The number of hydrogen-bond donors (Lipinski definition) is 1. The highest BCUT2D eigenvalue weighted by Crippen LogP contribution is 2.35. The average Bonchev–Trinajstić information content (AvgIpc) is 3.13.